The molecule has 5 nitrogen and oxygen atoms in total. The van der Waals surface area contributed by atoms with Gasteiger partial charge < -0.3 is 14.6 Å². The van der Waals surface area contributed by atoms with Gasteiger partial charge in [0.2, 0.25) is 0 Å². The van der Waals surface area contributed by atoms with Crippen LogP contribution in [0.15, 0.2) is 21.9 Å². The van der Waals surface area contributed by atoms with Gasteiger partial charge in [-0.2, -0.15) is 0 Å². The van der Waals surface area contributed by atoms with Crippen LogP contribution in [0.5, 0.6) is 0 Å². The zero-order valence-electron chi connectivity index (χ0n) is 11.1. The monoisotopic (exact) mass is 313 g/mol. The number of hydrogen-bond acceptors (Lipinski definition) is 5. The number of halogens is 1. The third kappa shape index (κ3) is 3.03. The molecule has 1 N–H and O–H groups in total. The van der Waals surface area contributed by atoms with Crippen LogP contribution in [0.25, 0.3) is 10.8 Å². The Balaban J connectivity index is 0.00000147. The summed E-state index contributed by atoms with van der Waals surface area (Å²) >= 11 is 1.44. The summed E-state index contributed by atoms with van der Waals surface area (Å²) in [5.41, 5.74) is 0.510. The van der Waals surface area contributed by atoms with Gasteiger partial charge in [0.05, 0.1) is 0 Å². The van der Waals surface area contributed by atoms with Crippen LogP contribution in [-0.4, -0.2) is 42.0 Å². The lowest BCUT2D eigenvalue weighted by Crippen LogP contribution is -2.46. The van der Waals surface area contributed by atoms with Gasteiger partial charge in [0.15, 0.2) is 10.8 Å². The van der Waals surface area contributed by atoms with Crippen molar-refractivity contribution in [3.05, 3.63) is 29.0 Å². The van der Waals surface area contributed by atoms with Gasteiger partial charge in [-0.3, -0.25) is 4.79 Å². The maximum atomic E-state index is 12.3. The van der Waals surface area contributed by atoms with Gasteiger partial charge in [-0.1, -0.05) is 0 Å². The molecule has 2 aromatic heterocycles. The Morgan fingerprint density at radius 3 is 2.80 bits per heavy atom. The maximum Gasteiger partial charge on any atom is 0.273 e. The summed E-state index contributed by atoms with van der Waals surface area (Å²) in [7, 11) is 0. The molecule has 0 aliphatic carbocycles. The number of piperazine rings is 1. The highest BCUT2D eigenvalue weighted by Gasteiger charge is 2.21. The molecule has 1 saturated heterocycles. The van der Waals surface area contributed by atoms with E-state index in [9.17, 15) is 4.79 Å². The zero-order valence-corrected chi connectivity index (χ0v) is 12.7. The van der Waals surface area contributed by atoms with Gasteiger partial charge in [-0.25, -0.2) is 4.98 Å². The molecule has 0 aromatic carbocycles. The molecule has 1 aliphatic rings. The Morgan fingerprint density at radius 2 is 2.15 bits per heavy atom. The summed E-state index contributed by atoms with van der Waals surface area (Å²) < 4.78 is 5.52. The van der Waals surface area contributed by atoms with Crippen LogP contribution in [0.2, 0.25) is 0 Å². The van der Waals surface area contributed by atoms with Crippen LogP contribution >= 0.6 is 23.7 Å². The molecule has 3 rings (SSSR count). The number of aromatic nitrogens is 1. The predicted molar refractivity (Wildman–Crippen MR) is 80.6 cm³/mol. The first-order chi connectivity index (χ1) is 9.24. The topological polar surface area (TPSA) is 58.4 Å². The molecule has 0 bridgehead atoms. The molecule has 0 saturated carbocycles. The number of rotatable bonds is 2. The average molecular weight is 314 g/mol. The Hall–Kier alpha value is -1.37. The highest BCUT2D eigenvalue weighted by Crippen LogP contribution is 2.26. The highest BCUT2D eigenvalue weighted by atomic mass is 35.5. The van der Waals surface area contributed by atoms with Crippen LogP contribution in [0.3, 0.4) is 0 Å². The number of amides is 1. The Bertz CT molecular complexity index is 590. The third-order valence-electron chi connectivity index (χ3n) is 3.08. The van der Waals surface area contributed by atoms with Crippen molar-refractivity contribution in [2.24, 2.45) is 0 Å². The van der Waals surface area contributed by atoms with Crippen LogP contribution in [-0.2, 0) is 0 Å². The van der Waals surface area contributed by atoms with E-state index in [1.54, 1.807) is 5.38 Å². The summed E-state index contributed by atoms with van der Waals surface area (Å²) in [6.07, 6.45) is 0. The van der Waals surface area contributed by atoms with Crippen molar-refractivity contribution in [1.29, 1.82) is 0 Å². The lowest BCUT2D eigenvalue weighted by Gasteiger charge is -2.26. The average Bonchev–Trinajstić information content (AvgIpc) is 3.07. The molecule has 3 heterocycles. The second kappa shape index (κ2) is 6.39. The number of hydrogen-bond donors (Lipinski definition) is 1. The largest absolute Gasteiger partial charge is 0.459 e. The van der Waals surface area contributed by atoms with Gasteiger partial charge in [-0.15, -0.1) is 23.7 Å². The van der Waals surface area contributed by atoms with Gasteiger partial charge in [0, 0.05) is 31.6 Å². The number of aryl methyl sites for hydroxylation is 1. The number of carbonyl (C=O) groups excluding carboxylic acids is 1. The molecule has 108 valence electrons. The fraction of sp³-hybridized carbons (Fsp3) is 0.385. The summed E-state index contributed by atoms with van der Waals surface area (Å²) in [4.78, 5) is 18.5. The van der Waals surface area contributed by atoms with Crippen molar-refractivity contribution in [2.45, 2.75) is 6.92 Å². The normalized spacial score (nSPS) is 14.9. The van der Waals surface area contributed by atoms with Gasteiger partial charge in [-0.05, 0) is 19.1 Å². The first kappa shape index (κ1) is 15.0. The molecular formula is C13H16ClN3O2S. The maximum absolute atomic E-state index is 12.3. The van der Waals surface area contributed by atoms with Crippen LogP contribution < -0.4 is 5.32 Å². The molecule has 1 fully saturated rings. The number of nitrogens with one attached hydrogen (secondary N) is 1. The lowest BCUT2D eigenvalue weighted by molar-refractivity contribution is 0.0731. The molecule has 0 radical (unpaired) electrons. The quantitative estimate of drug-likeness (QED) is 0.923. The van der Waals surface area contributed by atoms with E-state index in [-0.39, 0.29) is 18.3 Å². The zero-order chi connectivity index (χ0) is 13.2. The third-order valence-corrected chi connectivity index (χ3v) is 3.94. The van der Waals surface area contributed by atoms with E-state index in [1.807, 2.05) is 24.0 Å². The molecule has 7 heteroatoms. The van der Waals surface area contributed by atoms with E-state index < -0.39 is 0 Å². The standard InChI is InChI=1S/C13H15N3O2S.ClH/c1-9-2-3-11(18-9)12-15-10(8-19-12)13(17)16-6-4-14-5-7-16;/h2-3,8,14H,4-7H2,1H3;1H. The second-order valence-electron chi connectivity index (χ2n) is 4.49. The SMILES string of the molecule is Cc1ccc(-c2nc(C(=O)N3CCNCC3)cs2)o1.Cl. The van der Waals surface area contributed by atoms with Crippen molar-refractivity contribution in [1.82, 2.24) is 15.2 Å². The van der Waals surface area contributed by atoms with Gasteiger partial charge in [0.1, 0.15) is 11.5 Å². The lowest BCUT2D eigenvalue weighted by atomic mass is 10.3. The fourth-order valence-corrected chi connectivity index (χ4v) is 2.82. The molecule has 0 unspecified atom stereocenters. The van der Waals surface area contributed by atoms with Crippen molar-refractivity contribution >= 4 is 29.7 Å². The minimum Gasteiger partial charge on any atom is -0.459 e. The first-order valence-corrected chi connectivity index (χ1v) is 7.14. The number of carbonyl (C=O) groups is 1. The minimum atomic E-state index is 0. The summed E-state index contributed by atoms with van der Waals surface area (Å²) in [6, 6.07) is 3.78. The van der Waals surface area contributed by atoms with Crippen LogP contribution in [0.4, 0.5) is 0 Å². The molecule has 0 spiro atoms. The molecule has 2 aromatic rings. The van der Waals surface area contributed by atoms with Gasteiger partial charge >= 0.3 is 0 Å². The number of thiazole rings is 1. The van der Waals surface area contributed by atoms with Crippen LogP contribution in [0, 0.1) is 6.92 Å². The first-order valence-electron chi connectivity index (χ1n) is 6.26. The summed E-state index contributed by atoms with van der Waals surface area (Å²) in [6.45, 7) is 5.07. The minimum absolute atomic E-state index is 0. The predicted octanol–water partition coefficient (Wildman–Crippen LogP) is 2.18. The highest BCUT2D eigenvalue weighted by molar-refractivity contribution is 7.13. The Morgan fingerprint density at radius 1 is 1.40 bits per heavy atom. The van der Waals surface area contributed by atoms with E-state index in [2.05, 4.69) is 10.3 Å². The summed E-state index contributed by atoms with van der Waals surface area (Å²) in [5, 5.41) is 5.79. The van der Waals surface area contributed by atoms with Crippen LogP contribution in [0.1, 0.15) is 16.2 Å². The van der Waals surface area contributed by atoms with Crippen molar-refractivity contribution in [3.8, 4) is 10.8 Å². The molecule has 20 heavy (non-hydrogen) atoms. The van der Waals surface area contributed by atoms with Crippen molar-refractivity contribution in [3.63, 3.8) is 0 Å². The molecule has 0 atom stereocenters. The van der Waals surface area contributed by atoms with E-state index in [0.29, 0.717) is 5.69 Å². The van der Waals surface area contributed by atoms with E-state index in [0.717, 1.165) is 42.7 Å². The van der Waals surface area contributed by atoms with Crippen molar-refractivity contribution < 1.29 is 9.21 Å². The Labute approximate surface area is 127 Å². The smallest absolute Gasteiger partial charge is 0.273 e. The Kier molecular flexibility index (Phi) is 4.80. The van der Waals surface area contributed by atoms with Gasteiger partial charge in [0.25, 0.3) is 5.91 Å². The van der Waals surface area contributed by atoms with E-state index in [4.69, 9.17) is 4.42 Å². The molecular weight excluding hydrogens is 298 g/mol. The summed E-state index contributed by atoms with van der Waals surface area (Å²) in [5.74, 6) is 1.58. The second-order valence-corrected chi connectivity index (χ2v) is 5.35. The molecule has 1 amide bonds. The number of furan rings is 1. The van der Waals surface area contributed by atoms with E-state index >= 15 is 0 Å². The number of nitrogens with zero attached hydrogens (tertiary/aromatic N) is 2. The molecule has 1 aliphatic heterocycles. The fourth-order valence-electron chi connectivity index (χ4n) is 2.06. The van der Waals surface area contributed by atoms with E-state index in [1.165, 1.54) is 11.3 Å². The van der Waals surface area contributed by atoms with Crippen molar-refractivity contribution in [2.75, 3.05) is 26.2 Å².